The number of hydrogen-bond donors (Lipinski definition) is 0. The number of rotatable bonds is 7. The van der Waals surface area contributed by atoms with E-state index in [1.165, 1.54) is 0 Å². The highest BCUT2D eigenvalue weighted by molar-refractivity contribution is 6.76. The van der Waals surface area contributed by atoms with E-state index >= 15 is 0 Å². The highest BCUT2D eigenvalue weighted by Gasteiger charge is 2.25. The molecule has 10 nitrogen and oxygen atoms in total. The van der Waals surface area contributed by atoms with Crippen molar-refractivity contribution in [2.75, 3.05) is 19.8 Å². The molecule has 0 spiro atoms. The van der Waals surface area contributed by atoms with E-state index in [0.29, 0.717) is 42.5 Å². The van der Waals surface area contributed by atoms with E-state index in [-0.39, 0.29) is 18.5 Å². The molecule has 0 bridgehead atoms. The summed E-state index contributed by atoms with van der Waals surface area (Å²) in [5.41, 5.74) is 2.57. The maximum atomic E-state index is 13.5. The molecule has 0 unspecified atom stereocenters. The fraction of sp³-hybridized carbons (Fsp3) is 0.500. The smallest absolute Gasteiger partial charge is 0.332 e. The van der Waals surface area contributed by atoms with Gasteiger partial charge in [-0.3, -0.25) is 9.13 Å². The van der Waals surface area contributed by atoms with E-state index < -0.39 is 8.07 Å². The molecule has 0 amide bonds. The second kappa shape index (κ2) is 8.80. The van der Waals surface area contributed by atoms with Gasteiger partial charge in [0, 0.05) is 46.3 Å². The Morgan fingerprint density at radius 1 is 1.15 bits per heavy atom. The van der Waals surface area contributed by atoms with Crippen molar-refractivity contribution in [3.05, 3.63) is 41.3 Å². The first kappa shape index (κ1) is 21.9. The number of imidazole rings is 1. The standard InChI is InChI=1S/C22H29N7O3Si/c1-33(2,3)12-11-32-15-27-18-14-24-19(17-13-25-28-8-4-7-23-20(17)28)26-21(18)29(22(27)30)16-5-9-31-10-6-16/h4,7-8,13-14,16H,5-6,9-12,15H2,1-3H3. The molecular weight excluding hydrogens is 438 g/mol. The van der Waals surface area contributed by atoms with Crippen molar-refractivity contribution in [3.63, 3.8) is 0 Å². The molecule has 5 heterocycles. The van der Waals surface area contributed by atoms with Gasteiger partial charge in [-0.2, -0.15) is 5.10 Å². The fourth-order valence-electron chi connectivity index (χ4n) is 4.10. The lowest BCUT2D eigenvalue weighted by molar-refractivity contribution is 0.0669. The van der Waals surface area contributed by atoms with Gasteiger partial charge in [-0.25, -0.2) is 24.3 Å². The SMILES string of the molecule is C[Si](C)(C)CCOCn1c(=O)n(C2CCOCC2)c2nc(-c3cnn4cccnc34)ncc21. The van der Waals surface area contributed by atoms with Crippen LogP contribution in [0.15, 0.2) is 35.6 Å². The van der Waals surface area contributed by atoms with Gasteiger partial charge in [0.15, 0.2) is 17.1 Å². The summed E-state index contributed by atoms with van der Waals surface area (Å²) in [6.45, 7) is 9.02. The lowest BCUT2D eigenvalue weighted by Crippen LogP contribution is -2.31. The summed E-state index contributed by atoms with van der Waals surface area (Å²) in [5, 5.41) is 4.35. The molecular formula is C22H29N7O3Si. The Labute approximate surface area is 192 Å². The van der Waals surface area contributed by atoms with Gasteiger partial charge in [-0.15, -0.1) is 0 Å². The first-order chi connectivity index (χ1) is 15.9. The van der Waals surface area contributed by atoms with Crippen LogP contribution in [0, 0.1) is 0 Å². The second-order valence-corrected chi connectivity index (χ2v) is 15.2. The maximum absolute atomic E-state index is 13.5. The summed E-state index contributed by atoms with van der Waals surface area (Å²) in [5.74, 6) is 0.494. The first-order valence-electron chi connectivity index (χ1n) is 11.3. The zero-order valence-corrected chi connectivity index (χ0v) is 20.3. The molecule has 33 heavy (non-hydrogen) atoms. The van der Waals surface area contributed by atoms with Crippen molar-refractivity contribution in [2.45, 2.75) is 51.3 Å². The van der Waals surface area contributed by atoms with Gasteiger partial charge < -0.3 is 9.47 Å². The Hall–Kier alpha value is -2.89. The van der Waals surface area contributed by atoms with Crippen LogP contribution in [0.4, 0.5) is 0 Å². The van der Waals surface area contributed by atoms with E-state index in [4.69, 9.17) is 14.5 Å². The van der Waals surface area contributed by atoms with Gasteiger partial charge in [0.1, 0.15) is 12.2 Å². The highest BCUT2D eigenvalue weighted by Crippen LogP contribution is 2.26. The van der Waals surface area contributed by atoms with E-state index in [0.717, 1.165) is 24.4 Å². The van der Waals surface area contributed by atoms with Crippen LogP contribution in [0.2, 0.25) is 25.7 Å². The van der Waals surface area contributed by atoms with Crippen LogP contribution in [-0.4, -0.2) is 61.6 Å². The highest BCUT2D eigenvalue weighted by atomic mass is 28.3. The molecule has 0 saturated carbocycles. The third-order valence-corrected chi connectivity index (χ3v) is 7.70. The van der Waals surface area contributed by atoms with E-state index in [1.807, 2.05) is 12.3 Å². The lowest BCUT2D eigenvalue weighted by atomic mass is 10.1. The van der Waals surface area contributed by atoms with Gasteiger partial charge >= 0.3 is 5.69 Å². The third-order valence-electron chi connectivity index (χ3n) is 6.00. The second-order valence-electron chi connectivity index (χ2n) is 9.62. The summed E-state index contributed by atoms with van der Waals surface area (Å²) < 4.78 is 16.6. The van der Waals surface area contributed by atoms with Crippen LogP contribution in [0.3, 0.4) is 0 Å². The topological polar surface area (TPSA) is 101 Å². The van der Waals surface area contributed by atoms with E-state index in [2.05, 4.69) is 34.7 Å². The molecule has 5 rings (SSSR count). The van der Waals surface area contributed by atoms with Crippen LogP contribution in [0.25, 0.3) is 28.2 Å². The Kier molecular flexibility index (Phi) is 5.85. The molecule has 1 saturated heterocycles. The average molecular weight is 468 g/mol. The molecule has 0 atom stereocenters. The van der Waals surface area contributed by atoms with Crippen molar-refractivity contribution in [1.82, 2.24) is 33.7 Å². The summed E-state index contributed by atoms with van der Waals surface area (Å²) in [7, 11) is -1.22. The number of fused-ring (bicyclic) bond motifs is 2. The predicted octanol–water partition coefficient (Wildman–Crippen LogP) is 2.97. The Balaban J connectivity index is 1.56. The van der Waals surface area contributed by atoms with E-state index in [9.17, 15) is 4.79 Å². The molecule has 1 aliphatic heterocycles. The van der Waals surface area contributed by atoms with Crippen molar-refractivity contribution in [2.24, 2.45) is 0 Å². The Bertz CT molecular complexity index is 1330. The maximum Gasteiger partial charge on any atom is 0.332 e. The minimum atomic E-state index is -1.22. The van der Waals surface area contributed by atoms with Crippen LogP contribution in [0.1, 0.15) is 18.9 Å². The molecule has 0 aromatic carbocycles. The number of hydrogen-bond acceptors (Lipinski definition) is 7. The molecule has 4 aromatic heterocycles. The summed E-state index contributed by atoms with van der Waals surface area (Å²) in [4.78, 5) is 27.3. The van der Waals surface area contributed by atoms with Gasteiger partial charge in [-0.1, -0.05) is 19.6 Å². The van der Waals surface area contributed by atoms with Crippen LogP contribution < -0.4 is 5.69 Å². The van der Waals surface area contributed by atoms with Crippen LogP contribution >= 0.6 is 0 Å². The van der Waals surface area contributed by atoms with Gasteiger partial charge in [0.2, 0.25) is 0 Å². The first-order valence-corrected chi connectivity index (χ1v) is 15.0. The van der Waals surface area contributed by atoms with Crippen LogP contribution in [-0.2, 0) is 16.2 Å². The zero-order chi connectivity index (χ0) is 23.0. The van der Waals surface area contributed by atoms with Crippen molar-refractivity contribution in [1.29, 1.82) is 0 Å². The predicted molar refractivity (Wildman–Crippen MR) is 127 cm³/mol. The Morgan fingerprint density at radius 2 is 1.97 bits per heavy atom. The summed E-state index contributed by atoms with van der Waals surface area (Å²) in [6.07, 6.45) is 8.50. The van der Waals surface area contributed by atoms with Crippen molar-refractivity contribution in [3.8, 4) is 11.4 Å². The number of ether oxygens (including phenoxy) is 2. The van der Waals surface area contributed by atoms with Crippen molar-refractivity contribution < 1.29 is 9.47 Å². The third kappa shape index (κ3) is 4.35. The molecule has 4 aromatic rings. The van der Waals surface area contributed by atoms with Gasteiger partial charge in [-0.05, 0) is 25.0 Å². The average Bonchev–Trinajstić information content (AvgIpc) is 3.35. The minimum Gasteiger partial charge on any atom is -0.381 e. The Morgan fingerprint density at radius 3 is 2.76 bits per heavy atom. The molecule has 0 aliphatic carbocycles. The molecule has 0 radical (unpaired) electrons. The number of aromatic nitrogens is 7. The largest absolute Gasteiger partial charge is 0.381 e. The summed E-state index contributed by atoms with van der Waals surface area (Å²) in [6, 6.07) is 2.89. The quantitative estimate of drug-likeness (QED) is 0.304. The minimum absolute atomic E-state index is 0.0294. The zero-order valence-electron chi connectivity index (χ0n) is 19.3. The molecule has 174 valence electrons. The monoisotopic (exact) mass is 467 g/mol. The number of nitrogens with zero attached hydrogens (tertiary/aromatic N) is 7. The van der Waals surface area contributed by atoms with Crippen molar-refractivity contribution >= 4 is 24.9 Å². The van der Waals surface area contributed by atoms with Crippen LogP contribution in [0.5, 0.6) is 0 Å². The molecule has 11 heteroatoms. The molecule has 0 N–H and O–H groups in total. The fourth-order valence-corrected chi connectivity index (χ4v) is 4.86. The summed E-state index contributed by atoms with van der Waals surface area (Å²) >= 11 is 0. The van der Waals surface area contributed by atoms with Gasteiger partial charge in [0.25, 0.3) is 0 Å². The van der Waals surface area contributed by atoms with Gasteiger partial charge in [0.05, 0.1) is 18.0 Å². The normalized spacial score (nSPS) is 15.6. The molecule has 1 aliphatic rings. The molecule has 1 fully saturated rings. The van der Waals surface area contributed by atoms with E-state index in [1.54, 1.807) is 32.2 Å². The lowest BCUT2D eigenvalue weighted by Gasteiger charge is -2.22.